The van der Waals surface area contributed by atoms with Crippen molar-refractivity contribution in [2.24, 2.45) is 0 Å². The number of ether oxygens (including phenoxy) is 4. The summed E-state index contributed by atoms with van der Waals surface area (Å²) in [5.74, 6) is -0.0580. The number of nitrogen functional groups attached to an aromatic ring is 1. The van der Waals surface area contributed by atoms with Gasteiger partial charge in [-0.15, -0.1) is 0 Å². The van der Waals surface area contributed by atoms with Crippen LogP contribution in [0.1, 0.15) is 11.1 Å². The molecule has 4 N–H and O–H groups in total. The first kappa shape index (κ1) is 38.3. The van der Waals surface area contributed by atoms with E-state index in [1.54, 1.807) is 66.7 Å². The fourth-order valence-corrected chi connectivity index (χ4v) is 9.84. The molecule has 14 nitrogen and oxygen atoms in total. The van der Waals surface area contributed by atoms with Crippen LogP contribution in [0.25, 0.3) is 21.5 Å². The van der Waals surface area contributed by atoms with Crippen LogP contribution in [0.2, 0.25) is 0 Å². The number of nitrogens with zero attached hydrogens (tertiary/aromatic N) is 1. The highest BCUT2D eigenvalue weighted by molar-refractivity contribution is 7.91. The maximum absolute atomic E-state index is 13.3. The molecule has 0 saturated heterocycles. The molecule has 0 spiro atoms. The number of benzene rings is 6. The number of sulfone groups is 2. The molecule has 2 heterocycles. The predicted octanol–water partition coefficient (Wildman–Crippen LogP) is 5.38. The molecule has 0 radical (unpaired) electrons. The first-order valence-electron chi connectivity index (χ1n) is 17.3. The van der Waals surface area contributed by atoms with Crippen LogP contribution in [-0.4, -0.2) is 70.6 Å². The molecule has 0 unspecified atom stereocenters. The number of aliphatic hydroxyl groups excluding tert-OH is 2. The van der Waals surface area contributed by atoms with E-state index in [9.17, 15) is 37.2 Å². The Morgan fingerprint density at radius 1 is 0.625 bits per heavy atom. The third-order valence-corrected chi connectivity index (χ3v) is 12.7. The second-order valence-corrected chi connectivity index (χ2v) is 17.0. The van der Waals surface area contributed by atoms with Gasteiger partial charge in [0.1, 0.15) is 13.2 Å². The van der Waals surface area contributed by atoms with Gasteiger partial charge < -0.3 is 34.9 Å². The molecule has 2 aliphatic rings. The molecule has 0 aliphatic carbocycles. The fraction of sp³-hybridized carbons (Fsp3) is 0.200. The van der Waals surface area contributed by atoms with Crippen molar-refractivity contribution < 1.29 is 50.9 Å². The van der Waals surface area contributed by atoms with Gasteiger partial charge in [0.25, 0.3) is 5.69 Å². The van der Waals surface area contributed by atoms with Crippen molar-refractivity contribution in [1.29, 1.82) is 0 Å². The normalized spacial score (nSPS) is 16.2. The number of nitrogens with two attached hydrogens (primary N) is 1. The third-order valence-electron chi connectivity index (χ3n) is 9.32. The van der Waals surface area contributed by atoms with Crippen LogP contribution in [0.3, 0.4) is 0 Å². The van der Waals surface area contributed by atoms with Gasteiger partial charge in [0.05, 0.1) is 45.0 Å². The summed E-state index contributed by atoms with van der Waals surface area (Å²) in [6, 6.07) is 30.3. The van der Waals surface area contributed by atoms with Gasteiger partial charge in [0, 0.05) is 28.1 Å². The van der Waals surface area contributed by atoms with Crippen molar-refractivity contribution in [3.05, 3.63) is 130 Å². The summed E-state index contributed by atoms with van der Waals surface area (Å²) in [6.45, 7) is -0.332. The molecule has 6 aromatic rings. The van der Waals surface area contributed by atoms with E-state index in [0.29, 0.717) is 27.8 Å². The lowest BCUT2D eigenvalue weighted by Crippen LogP contribution is -2.33. The molecule has 6 aromatic carbocycles. The molecule has 16 heteroatoms. The van der Waals surface area contributed by atoms with Crippen LogP contribution in [0.5, 0.6) is 23.0 Å². The van der Waals surface area contributed by atoms with Gasteiger partial charge in [-0.1, -0.05) is 72.8 Å². The molecule has 0 fully saturated rings. The molecule has 2 atom stereocenters. The van der Waals surface area contributed by atoms with Crippen LogP contribution in [0, 0.1) is 10.1 Å². The van der Waals surface area contributed by atoms with Crippen molar-refractivity contribution in [2.45, 2.75) is 33.5 Å². The van der Waals surface area contributed by atoms with E-state index in [2.05, 4.69) is 0 Å². The van der Waals surface area contributed by atoms with E-state index in [4.69, 9.17) is 24.7 Å². The van der Waals surface area contributed by atoms with Gasteiger partial charge in [-0.2, -0.15) is 0 Å². The number of rotatable bonds is 9. The van der Waals surface area contributed by atoms with Gasteiger partial charge in [-0.3, -0.25) is 10.1 Å². The summed E-state index contributed by atoms with van der Waals surface area (Å²) in [5.41, 5.74) is 6.24. The summed E-state index contributed by atoms with van der Waals surface area (Å²) >= 11 is 0. The number of hydrogen-bond acceptors (Lipinski definition) is 13. The minimum Gasteiger partial charge on any atom is -0.486 e. The van der Waals surface area contributed by atoms with E-state index < -0.39 is 42.6 Å². The molecule has 8 rings (SSSR count). The van der Waals surface area contributed by atoms with Crippen LogP contribution in [0.15, 0.2) is 119 Å². The average molecular weight is 801 g/mol. The number of nitro groups is 1. The van der Waals surface area contributed by atoms with Gasteiger partial charge in [-0.25, -0.2) is 16.8 Å². The van der Waals surface area contributed by atoms with Crippen molar-refractivity contribution in [2.75, 3.05) is 32.2 Å². The molecule has 0 bridgehead atoms. The summed E-state index contributed by atoms with van der Waals surface area (Å²) < 4.78 is 75.4. The van der Waals surface area contributed by atoms with Crippen molar-refractivity contribution in [3.8, 4) is 23.0 Å². The minimum atomic E-state index is -3.96. The standard InChI is InChI=1S/C20H17NO7S.C20H19NO5S/c22-10-14-11-27-18-9-8-17(21(23)24)16(20(18)28-14)12-29(25,26)19-7-3-5-13-4-1-2-6-15(13)19;21-17-8-9-18-20(26-14(10-22)11-25-18)16(17)12-27(23,24)19-7-3-5-13-4-1-2-6-15(13)19/h1-9,14,22H,10-12H2;1-9,14,22H,10-12,21H2/t2*14-/m00/s1. The van der Waals surface area contributed by atoms with Crippen molar-refractivity contribution >= 4 is 52.6 Å². The van der Waals surface area contributed by atoms with E-state index in [1.165, 1.54) is 18.2 Å². The monoisotopic (exact) mass is 800 g/mol. The van der Waals surface area contributed by atoms with Crippen LogP contribution >= 0.6 is 0 Å². The second kappa shape index (κ2) is 15.7. The lowest BCUT2D eigenvalue weighted by Gasteiger charge is -2.27. The molecule has 56 heavy (non-hydrogen) atoms. The van der Waals surface area contributed by atoms with Gasteiger partial charge in [-0.05, 0) is 41.1 Å². The molecule has 0 amide bonds. The SMILES string of the molecule is Nc1ccc2c(c1CS(=O)(=O)c1cccc3ccccc13)O[C@@H](CO)CO2.O=[N+]([O-])c1ccc2c(c1CS(=O)(=O)c1cccc3ccccc13)O[C@@H](CO)CO2. The van der Waals surface area contributed by atoms with Gasteiger partial charge in [0.15, 0.2) is 54.9 Å². The molecular weight excluding hydrogens is 765 g/mol. The first-order valence-corrected chi connectivity index (χ1v) is 20.6. The molecule has 2 aliphatic heterocycles. The Morgan fingerprint density at radius 3 is 1.57 bits per heavy atom. The lowest BCUT2D eigenvalue weighted by atomic mass is 10.1. The molecule has 0 saturated carbocycles. The molecule has 0 aromatic heterocycles. The number of hydrogen-bond donors (Lipinski definition) is 3. The van der Waals surface area contributed by atoms with Gasteiger partial charge in [0.2, 0.25) is 0 Å². The molecule has 290 valence electrons. The quantitative estimate of drug-likeness (QED) is 0.0953. The average Bonchev–Trinajstić information content (AvgIpc) is 3.21. The maximum atomic E-state index is 13.3. The summed E-state index contributed by atoms with van der Waals surface area (Å²) in [5, 5.41) is 33.1. The molecular formula is C40H36N2O12S2. The van der Waals surface area contributed by atoms with Crippen LogP contribution < -0.4 is 24.7 Å². The van der Waals surface area contributed by atoms with Crippen molar-refractivity contribution in [1.82, 2.24) is 0 Å². The largest absolute Gasteiger partial charge is 0.486 e. The van der Waals surface area contributed by atoms with E-state index in [0.717, 1.165) is 10.8 Å². The highest BCUT2D eigenvalue weighted by Crippen LogP contribution is 2.43. The topological polar surface area (TPSA) is 215 Å². The fourth-order valence-electron chi connectivity index (χ4n) is 6.58. The van der Waals surface area contributed by atoms with E-state index >= 15 is 0 Å². The zero-order valence-electron chi connectivity index (χ0n) is 29.6. The Bertz CT molecular complexity index is 2680. The Morgan fingerprint density at radius 2 is 1.07 bits per heavy atom. The maximum Gasteiger partial charge on any atom is 0.277 e. The Balaban J connectivity index is 0.000000172. The van der Waals surface area contributed by atoms with Crippen molar-refractivity contribution in [3.63, 3.8) is 0 Å². The lowest BCUT2D eigenvalue weighted by molar-refractivity contribution is -0.385. The van der Waals surface area contributed by atoms with E-state index in [1.807, 2.05) is 24.3 Å². The number of anilines is 1. The highest BCUT2D eigenvalue weighted by Gasteiger charge is 2.33. The summed E-state index contributed by atoms with van der Waals surface area (Å²) in [7, 11) is -7.65. The second-order valence-electron chi connectivity index (χ2n) is 13.0. The Kier molecular flexibility index (Phi) is 10.7. The zero-order chi connectivity index (χ0) is 39.6. The number of fused-ring (bicyclic) bond motifs is 4. The zero-order valence-corrected chi connectivity index (χ0v) is 31.2. The summed E-state index contributed by atoms with van der Waals surface area (Å²) in [4.78, 5) is 11.2. The van der Waals surface area contributed by atoms with Crippen LogP contribution in [-0.2, 0) is 31.2 Å². The summed E-state index contributed by atoms with van der Waals surface area (Å²) in [6.07, 6.45) is -1.29. The third kappa shape index (κ3) is 7.64. The predicted molar refractivity (Wildman–Crippen MR) is 208 cm³/mol. The Hall–Kier alpha value is -5.94. The first-order chi connectivity index (χ1) is 26.9. The van der Waals surface area contributed by atoms with E-state index in [-0.39, 0.29) is 70.5 Å². The van der Waals surface area contributed by atoms with Gasteiger partial charge >= 0.3 is 0 Å². The smallest absolute Gasteiger partial charge is 0.277 e. The number of aliphatic hydroxyl groups is 2. The Labute approximate surface area is 321 Å². The highest BCUT2D eigenvalue weighted by atomic mass is 32.2. The minimum absolute atomic E-state index is 0.0201. The van der Waals surface area contributed by atoms with Crippen LogP contribution in [0.4, 0.5) is 11.4 Å². The number of nitro benzene ring substituents is 1.